The minimum absolute atomic E-state index is 0.172. The van der Waals surface area contributed by atoms with Crippen molar-refractivity contribution in [3.63, 3.8) is 0 Å². The Morgan fingerprint density at radius 3 is 2.86 bits per heavy atom. The maximum atomic E-state index is 12.3. The van der Waals surface area contributed by atoms with Gasteiger partial charge < -0.3 is 14.6 Å². The number of nitrogens with one attached hydrogen (secondary N) is 1. The first-order chi connectivity index (χ1) is 13.7. The summed E-state index contributed by atoms with van der Waals surface area (Å²) in [5.41, 5.74) is 2.93. The highest BCUT2D eigenvalue weighted by Gasteiger charge is 2.13. The summed E-state index contributed by atoms with van der Waals surface area (Å²) in [6, 6.07) is 14.9. The van der Waals surface area contributed by atoms with Gasteiger partial charge in [0, 0.05) is 23.8 Å². The van der Waals surface area contributed by atoms with Gasteiger partial charge in [0.05, 0.1) is 17.8 Å². The number of ether oxygens (including phenoxy) is 1. The molecule has 3 heterocycles. The number of amides is 1. The lowest BCUT2D eigenvalue weighted by molar-refractivity contribution is 0.0941. The summed E-state index contributed by atoms with van der Waals surface area (Å²) >= 11 is 0. The molecule has 0 atom stereocenters. The van der Waals surface area contributed by atoms with Gasteiger partial charge in [-0.3, -0.25) is 14.8 Å². The van der Waals surface area contributed by atoms with E-state index in [1.54, 1.807) is 18.5 Å². The zero-order valence-electron chi connectivity index (χ0n) is 15.3. The van der Waals surface area contributed by atoms with E-state index >= 15 is 0 Å². The minimum Gasteiger partial charge on any atom is -0.486 e. The first-order valence-corrected chi connectivity index (χ1v) is 8.81. The molecule has 0 radical (unpaired) electrons. The van der Waals surface area contributed by atoms with Gasteiger partial charge in [-0.15, -0.1) is 0 Å². The molecule has 4 aromatic rings. The third-order valence-corrected chi connectivity index (χ3v) is 4.28. The highest BCUT2D eigenvalue weighted by atomic mass is 16.5. The van der Waals surface area contributed by atoms with E-state index in [-0.39, 0.29) is 18.2 Å². The molecule has 4 rings (SSSR count). The Labute approximate surface area is 161 Å². The highest BCUT2D eigenvalue weighted by Crippen LogP contribution is 2.20. The maximum Gasteiger partial charge on any atom is 0.273 e. The molecule has 0 bridgehead atoms. The van der Waals surface area contributed by atoms with Crippen molar-refractivity contribution in [1.29, 1.82) is 0 Å². The topological polar surface area (TPSA) is 90.1 Å². The number of nitrogens with zero attached hydrogens (tertiary/aromatic N) is 3. The summed E-state index contributed by atoms with van der Waals surface area (Å²) in [6.07, 6.45) is 3.45. The first kappa shape index (κ1) is 17.7. The Bertz CT molecular complexity index is 1120. The van der Waals surface area contributed by atoms with Crippen molar-refractivity contribution >= 4 is 16.8 Å². The quantitative estimate of drug-likeness (QED) is 0.556. The van der Waals surface area contributed by atoms with Gasteiger partial charge in [0.1, 0.15) is 12.4 Å². The molecule has 0 fully saturated rings. The van der Waals surface area contributed by atoms with Crippen LogP contribution in [-0.2, 0) is 13.2 Å². The van der Waals surface area contributed by atoms with Crippen molar-refractivity contribution in [2.75, 3.05) is 0 Å². The van der Waals surface area contributed by atoms with Gasteiger partial charge in [-0.05, 0) is 42.8 Å². The zero-order valence-corrected chi connectivity index (χ0v) is 15.3. The average molecular weight is 374 g/mol. The Morgan fingerprint density at radius 1 is 1.11 bits per heavy atom. The fourth-order valence-electron chi connectivity index (χ4n) is 2.74. The molecule has 1 N–H and O–H groups in total. The summed E-state index contributed by atoms with van der Waals surface area (Å²) in [5.74, 6) is 0.829. The summed E-state index contributed by atoms with van der Waals surface area (Å²) in [5, 5.41) is 7.60. The number of hydrogen-bond acceptors (Lipinski definition) is 6. The third-order valence-electron chi connectivity index (χ3n) is 4.28. The number of fused-ring (bicyclic) bond motifs is 1. The molecule has 28 heavy (non-hydrogen) atoms. The largest absolute Gasteiger partial charge is 0.486 e. The Balaban J connectivity index is 1.35. The number of rotatable bonds is 6. The molecular weight excluding hydrogens is 356 g/mol. The van der Waals surface area contributed by atoms with Gasteiger partial charge in [0.25, 0.3) is 5.91 Å². The van der Waals surface area contributed by atoms with Crippen LogP contribution in [0.25, 0.3) is 10.9 Å². The summed E-state index contributed by atoms with van der Waals surface area (Å²) in [6.45, 7) is 2.45. The molecule has 7 nitrogen and oxygen atoms in total. The van der Waals surface area contributed by atoms with Crippen LogP contribution in [0.1, 0.15) is 27.5 Å². The van der Waals surface area contributed by atoms with E-state index in [9.17, 15) is 4.79 Å². The lowest BCUT2D eigenvalue weighted by Gasteiger charge is -2.05. The first-order valence-electron chi connectivity index (χ1n) is 8.81. The van der Waals surface area contributed by atoms with Gasteiger partial charge in [-0.1, -0.05) is 17.3 Å². The number of benzene rings is 1. The van der Waals surface area contributed by atoms with E-state index in [0.717, 1.165) is 22.2 Å². The minimum atomic E-state index is -0.322. The average Bonchev–Trinajstić information content (AvgIpc) is 3.20. The van der Waals surface area contributed by atoms with Crippen LogP contribution < -0.4 is 10.1 Å². The van der Waals surface area contributed by atoms with E-state index < -0.39 is 0 Å². The standard InChI is InChI=1S/C21H18N4O3/c1-14-4-2-8-23-20(14)12-24-21(26)19-11-17(28-25-19)13-27-16-6-7-18-15(10-16)5-3-9-22-18/h2-11H,12-13H2,1H3,(H,24,26). The van der Waals surface area contributed by atoms with Gasteiger partial charge >= 0.3 is 0 Å². The van der Waals surface area contributed by atoms with E-state index in [0.29, 0.717) is 18.1 Å². The van der Waals surface area contributed by atoms with Crippen molar-refractivity contribution in [3.8, 4) is 5.75 Å². The Kier molecular flexibility index (Phi) is 4.97. The van der Waals surface area contributed by atoms with Crippen molar-refractivity contribution in [3.05, 3.63) is 83.6 Å². The zero-order chi connectivity index (χ0) is 19.3. The monoisotopic (exact) mass is 374 g/mol. The molecule has 1 amide bonds. The lowest BCUT2D eigenvalue weighted by atomic mass is 10.2. The second-order valence-corrected chi connectivity index (χ2v) is 6.27. The van der Waals surface area contributed by atoms with Crippen LogP contribution in [0.15, 0.2) is 65.4 Å². The van der Waals surface area contributed by atoms with Gasteiger partial charge in [-0.2, -0.15) is 0 Å². The van der Waals surface area contributed by atoms with Gasteiger partial charge in [0.15, 0.2) is 11.5 Å². The number of pyridine rings is 2. The van der Waals surface area contributed by atoms with E-state index in [1.165, 1.54) is 0 Å². The van der Waals surface area contributed by atoms with Crippen LogP contribution in [0.4, 0.5) is 0 Å². The van der Waals surface area contributed by atoms with Crippen LogP contribution in [0.2, 0.25) is 0 Å². The Morgan fingerprint density at radius 2 is 1.96 bits per heavy atom. The van der Waals surface area contributed by atoms with Gasteiger partial charge in [0.2, 0.25) is 0 Å². The summed E-state index contributed by atoms with van der Waals surface area (Å²) in [7, 11) is 0. The molecule has 0 aliphatic heterocycles. The molecule has 140 valence electrons. The van der Waals surface area contributed by atoms with Crippen LogP contribution in [-0.4, -0.2) is 21.0 Å². The molecule has 0 saturated heterocycles. The number of hydrogen-bond donors (Lipinski definition) is 1. The smallest absolute Gasteiger partial charge is 0.273 e. The van der Waals surface area contributed by atoms with Crippen molar-refractivity contribution < 1.29 is 14.1 Å². The molecule has 0 aliphatic rings. The SMILES string of the molecule is Cc1cccnc1CNC(=O)c1cc(COc2ccc3ncccc3c2)on1. The maximum absolute atomic E-state index is 12.3. The van der Waals surface area contributed by atoms with E-state index in [2.05, 4.69) is 20.4 Å². The number of aromatic nitrogens is 3. The normalized spacial score (nSPS) is 10.8. The van der Waals surface area contributed by atoms with E-state index in [1.807, 2.05) is 49.4 Å². The highest BCUT2D eigenvalue weighted by molar-refractivity contribution is 5.92. The number of aryl methyl sites for hydroxylation is 1. The van der Waals surface area contributed by atoms with Crippen molar-refractivity contribution in [2.45, 2.75) is 20.1 Å². The predicted octanol–water partition coefficient (Wildman–Crippen LogP) is 3.44. The molecule has 0 spiro atoms. The van der Waals surface area contributed by atoms with E-state index in [4.69, 9.17) is 9.26 Å². The molecular formula is C21H18N4O3. The van der Waals surface area contributed by atoms with Gasteiger partial charge in [-0.25, -0.2) is 0 Å². The van der Waals surface area contributed by atoms with Crippen molar-refractivity contribution in [1.82, 2.24) is 20.4 Å². The van der Waals surface area contributed by atoms with Crippen LogP contribution in [0.3, 0.4) is 0 Å². The lowest BCUT2D eigenvalue weighted by Crippen LogP contribution is -2.24. The summed E-state index contributed by atoms with van der Waals surface area (Å²) < 4.78 is 10.9. The number of carbonyl (C=O) groups is 1. The van der Waals surface area contributed by atoms with Crippen molar-refractivity contribution in [2.24, 2.45) is 0 Å². The van der Waals surface area contributed by atoms with Crippen LogP contribution >= 0.6 is 0 Å². The molecule has 7 heteroatoms. The molecule has 0 unspecified atom stereocenters. The molecule has 1 aromatic carbocycles. The van der Waals surface area contributed by atoms with Crippen LogP contribution in [0, 0.1) is 6.92 Å². The number of carbonyl (C=O) groups excluding carboxylic acids is 1. The molecule has 0 saturated carbocycles. The second kappa shape index (κ2) is 7.87. The molecule has 0 aliphatic carbocycles. The predicted molar refractivity (Wildman–Crippen MR) is 103 cm³/mol. The summed E-state index contributed by atoms with van der Waals surface area (Å²) in [4.78, 5) is 20.8. The van der Waals surface area contributed by atoms with Crippen LogP contribution in [0.5, 0.6) is 5.75 Å². The third kappa shape index (κ3) is 3.98. The fourth-order valence-corrected chi connectivity index (χ4v) is 2.74. The molecule has 3 aromatic heterocycles. The second-order valence-electron chi connectivity index (χ2n) is 6.27. The fraction of sp³-hybridized carbons (Fsp3) is 0.143. The Hall–Kier alpha value is -3.74.